The van der Waals surface area contributed by atoms with Crippen LogP contribution in [0.1, 0.15) is 22.3 Å². The van der Waals surface area contributed by atoms with Crippen LogP contribution in [0.3, 0.4) is 0 Å². The summed E-state index contributed by atoms with van der Waals surface area (Å²) < 4.78 is 29.7. The van der Waals surface area contributed by atoms with Gasteiger partial charge in [-0.2, -0.15) is 8.78 Å². The summed E-state index contributed by atoms with van der Waals surface area (Å²) in [7, 11) is 0. The third-order valence-electron chi connectivity index (χ3n) is 4.53. The van der Waals surface area contributed by atoms with Gasteiger partial charge in [-0.05, 0) is 36.2 Å². The van der Waals surface area contributed by atoms with Crippen molar-refractivity contribution in [2.45, 2.75) is 19.6 Å². The van der Waals surface area contributed by atoms with Crippen molar-refractivity contribution < 1.29 is 18.3 Å². The molecule has 2 aromatic rings. The van der Waals surface area contributed by atoms with Crippen LogP contribution in [0.2, 0.25) is 5.02 Å². The van der Waals surface area contributed by atoms with Crippen LogP contribution < -0.4 is 4.74 Å². The number of carbonyl (C=O) groups is 1. The van der Waals surface area contributed by atoms with Gasteiger partial charge in [0, 0.05) is 37.7 Å². The topological polar surface area (TPSA) is 32.8 Å². The van der Waals surface area contributed by atoms with Gasteiger partial charge >= 0.3 is 6.61 Å². The first-order valence-electron chi connectivity index (χ1n) is 8.83. The van der Waals surface area contributed by atoms with Crippen molar-refractivity contribution >= 4 is 17.5 Å². The van der Waals surface area contributed by atoms with E-state index in [0.29, 0.717) is 24.7 Å². The van der Waals surface area contributed by atoms with Crippen molar-refractivity contribution in [2.75, 3.05) is 26.2 Å². The maximum absolute atomic E-state index is 12.8. The minimum Gasteiger partial charge on any atom is -0.434 e. The second-order valence-electron chi connectivity index (χ2n) is 6.42. The minimum absolute atomic E-state index is 0.0835. The summed E-state index contributed by atoms with van der Waals surface area (Å²) in [6.45, 7) is 0.518. The van der Waals surface area contributed by atoms with Crippen molar-refractivity contribution in [3.05, 3.63) is 64.7 Å². The van der Waals surface area contributed by atoms with Crippen molar-refractivity contribution in [1.82, 2.24) is 9.80 Å². The molecule has 7 heteroatoms. The number of halogens is 3. The quantitative estimate of drug-likeness (QED) is 0.758. The largest absolute Gasteiger partial charge is 0.434 e. The Hall–Kier alpha value is -2.18. The molecule has 0 bridgehead atoms. The zero-order chi connectivity index (χ0) is 19.2. The molecular weight excluding hydrogens is 374 g/mol. The number of para-hydroxylation sites is 1. The molecule has 1 heterocycles. The standard InChI is InChI=1S/C20H21ClF2N2O2/c21-16-8-6-15(7-9-16)14-24-10-3-11-25(13-12-24)19(26)17-4-1-2-5-18(17)27-20(22)23/h1-2,4-9,20H,3,10-14H2. The van der Waals surface area contributed by atoms with Crippen molar-refractivity contribution in [3.63, 3.8) is 0 Å². The predicted molar refractivity (Wildman–Crippen MR) is 100 cm³/mol. The monoisotopic (exact) mass is 394 g/mol. The highest BCUT2D eigenvalue weighted by atomic mass is 35.5. The number of hydrogen-bond donors (Lipinski definition) is 0. The molecule has 0 saturated carbocycles. The molecule has 0 spiro atoms. The number of rotatable bonds is 5. The number of carbonyl (C=O) groups excluding carboxylic acids is 1. The van der Waals surface area contributed by atoms with Gasteiger partial charge in [-0.1, -0.05) is 35.9 Å². The van der Waals surface area contributed by atoms with Crippen LogP contribution in [0.15, 0.2) is 48.5 Å². The first-order chi connectivity index (χ1) is 13.0. The van der Waals surface area contributed by atoms with E-state index in [1.54, 1.807) is 17.0 Å². The fourth-order valence-corrected chi connectivity index (χ4v) is 3.32. The molecular formula is C20H21ClF2N2O2. The van der Waals surface area contributed by atoms with Gasteiger partial charge in [0.1, 0.15) is 5.75 Å². The molecule has 2 aromatic carbocycles. The normalized spacial score (nSPS) is 15.6. The molecule has 0 N–H and O–H groups in total. The van der Waals surface area contributed by atoms with Gasteiger partial charge in [0.25, 0.3) is 5.91 Å². The molecule has 0 aliphatic carbocycles. The first-order valence-corrected chi connectivity index (χ1v) is 9.20. The molecule has 1 aliphatic heterocycles. The van der Waals surface area contributed by atoms with E-state index in [2.05, 4.69) is 9.64 Å². The van der Waals surface area contributed by atoms with E-state index in [1.165, 1.54) is 12.1 Å². The third-order valence-corrected chi connectivity index (χ3v) is 4.78. The van der Waals surface area contributed by atoms with E-state index in [4.69, 9.17) is 11.6 Å². The summed E-state index contributed by atoms with van der Waals surface area (Å²) in [6.07, 6.45) is 0.817. The Bertz CT molecular complexity index is 771. The van der Waals surface area contributed by atoms with Gasteiger partial charge in [0.2, 0.25) is 0 Å². The Labute approximate surface area is 162 Å². The van der Waals surface area contributed by atoms with Crippen LogP contribution in [0, 0.1) is 0 Å². The Morgan fingerprint density at radius 2 is 1.78 bits per heavy atom. The molecule has 144 valence electrons. The first kappa shape index (κ1) is 19.6. The lowest BCUT2D eigenvalue weighted by Gasteiger charge is -2.23. The molecule has 1 fully saturated rings. The molecule has 0 unspecified atom stereocenters. The van der Waals surface area contributed by atoms with Gasteiger partial charge in [-0.3, -0.25) is 9.69 Å². The van der Waals surface area contributed by atoms with Gasteiger partial charge in [0.15, 0.2) is 0 Å². The van der Waals surface area contributed by atoms with E-state index < -0.39 is 6.61 Å². The van der Waals surface area contributed by atoms with E-state index in [-0.39, 0.29) is 17.2 Å². The predicted octanol–water partition coefficient (Wildman–Crippen LogP) is 4.29. The number of nitrogens with zero attached hydrogens (tertiary/aromatic N) is 2. The van der Waals surface area contributed by atoms with Gasteiger partial charge in [-0.25, -0.2) is 0 Å². The molecule has 3 rings (SSSR count). The zero-order valence-electron chi connectivity index (χ0n) is 14.8. The molecule has 1 saturated heterocycles. The van der Waals surface area contributed by atoms with Crippen LogP contribution in [0.4, 0.5) is 8.78 Å². The fourth-order valence-electron chi connectivity index (χ4n) is 3.19. The van der Waals surface area contributed by atoms with Gasteiger partial charge in [-0.15, -0.1) is 0 Å². The maximum atomic E-state index is 12.8. The smallest absolute Gasteiger partial charge is 0.387 e. The summed E-state index contributed by atoms with van der Waals surface area (Å²) >= 11 is 5.92. The average Bonchev–Trinajstić information content (AvgIpc) is 2.89. The Kier molecular flexibility index (Phi) is 6.63. The van der Waals surface area contributed by atoms with E-state index in [0.717, 1.165) is 25.1 Å². The molecule has 0 atom stereocenters. The van der Waals surface area contributed by atoms with Gasteiger partial charge < -0.3 is 9.64 Å². The Balaban J connectivity index is 1.64. The van der Waals surface area contributed by atoms with E-state index in [9.17, 15) is 13.6 Å². The van der Waals surface area contributed by atoms with Crippen LogP contribution in [0.25, 0.3) is 0 Å². The molecule has 1 amide bonds. The van der Waals surface area contributed by atoms with Crippen molar-refractivity contribution in [2.24, 2.45) is 0 Å². The fraction of sp³-hybridized carbons (Fsp3) is 0.350. The highest BCUT2D eigenvalue weighted by Crippen LogP contribution is 2.23. The van der Waals surface area contributed by atoms with Crippen LogP contribution in [0.5, 0.6) is 5.75 Å². The number of hydrogen-bond acceptors (Lipinski definition) is 3. The summed E-state index contributed by atoms with van der Waals surface area (Å²) in [6, 6.07) is 13.9. The number of alkyl halides is 2. The second kappa shape index (κ2) is 9.15. The lowest BCUT2D eigenvalue weighted by atomic mass is 10.1. The van der Waals surface area contributed by atoms with E-state index in [1.807, 2.05) is 24.3 Å². The lowest BCUT2D eigenvalue weighted by Crippen LogP contribution is -2.35. The number of benzene rings is 2. The van der Waals surface area contributed by atoms with Crippen LogP contribution >= 0.6 is 11.6 Å². The zero-order valence-corrected chi connectivity index (χ0v) is 15.5. The highest BCUT2D eigenvalue weighted by molar-refractivity contribution is 6.30. The summed E-state index contributed by atoms with van der Waals surface area (Å²) in [5.74, 6) is -0.362. The summed E-state index contributed by atoms with van der Waals surface area (Å²) in [5.41, 5.74) is 1.33. The SMILES string of the molecule is O=C(c1ccccc1OC(F)F)N1CCCN(Cc2ccc(Cl)cc2)CC1. The summed E-state index contributed by atoms with van der Waals surface area (Å²) in [5, 5.41) is 0.705. The van der Waals surface area contributed by atoms with Crippen molar-refractivity contribution in [3.8, 4) is 5.75 Å². The van der Waals surface area contributed by atoms with Gasteiger partial charge in [0.05, 0.1) is 5.56 Å². The molecule has 1 aliphatic rings. The molecule has 0 aromatic heterocycles. The average molecular weight is 395 g/mol. The molecule has 27 heavy (non-hydrogen) atoms. The maximum Gasteiger partial charge on any atom is 0.387 e. The Morgan fingerprint density at radius 1 is 1.04 bits per heavy atom. The second-order valence-corrected chi connectivity index (χ2v) is 6.86. The number of amides is 1. The summed E-state index contributed by atoms with van der Waals surface area (Å²) in [4.78, 5) is 16.8. The lowest BCUT2D eigenvalue weighted by molar-refractivity contribution is -0.0502. The third kappa shape index (κ3) is 5.40. The Morgan fingerprint density at radius 3 is 2.52 bits per heavy atom. The number of ether oxygens (including phenoxy) is 1. The molecule has 4 nitrogen and oxygen atoms in total. The van der Waals surface area contributed by atoms with E-state index >= 15 is 0 Å². The molecule has 0 radical (unpaired) electrons. The minimum atomic E-state index is -2.96. The highest BCUT2D eigenvalue weighted by Gasteiger charge is 2.23. The van der Waals surface area contributed by atoms with Crippen LogP contribution in [-0.2, 0) is 6.54 Å². The van der Waals surface area contributed by atoms with Crippen LogP contribution in [-0.4, -0.2) is 48.5 Å². The van der Waals surface area contributed by atoms with Crippen molar-refractivity contribution in [1.29, 1.82) is 0 Å².